The first-order valence-corrected chi connectivity index (χ1v) is 8.15. The Balaban J connectivity index is 1.67. The van der Waals surface area contributed by atoms with Gasteiger partial charge in [-0.1, -0.05) is 17.3 Å². The van der Waals surface area contributed by atoms with Crippen LogP contribution in [0.2, 0.25) is 0 Å². The Kier molecular flexibility index (Phi) is 3.38. The van der Waals surface area contributed by atoms with Gasteiger partial charge in [-0.25, -0.2) is 4.98 Å². The van der Waals surface area contributed by atoms with Crippen molar-refractivity contribution in [3.8, 4) is 11.3 Å². The molecule has 1 N–H and O–H groups in total. The SMILES string of the molecule is Cc1ccnc(NC(=O)c2noc3c2CSc2ccccc2-3)c1. The zero-order valence-corrected chi connectivity index (χ0v) is 13.2. The lowest BCUT2D eigenvalue weighted by Crippen LogP contribution is -2.15. The Morgan fingerprint density at radius 2 is 2.17 bits per heavy atom. The summed E-state index contributed by atoms with van der Waals surface area (Å²) in [5, 5.41) is 6.76. The van der Waals surface area contributed by atoms with Gasteiger partial charge in [0.15, 0.2) is 11.5 Å². The van der Waals surface area contributed by atoms with Gasteiger partial charge >= 0.3 is 0 Å². The Morgan fingerprint density at radius 3 is 3.04 bits per heavy atom. The minimum atomic E-state index is -0.298. The summed E-state index contributed by atoms with van der Waals surface area (Å²) in [6.07, 6.45) is 1.66. The minimum absolute atomic E-state index is 0.298. The van der Waals surface area contributed by atoms with Gasteiger partial charge in [-0.2, -0.15) is 0 Å². The van der Waals surface area contributed by atoms with E-state index in [9.17, 15) is 4.79 Å². The molecule has 1 aliphatic heterocycles. The van der Waals surface area contributed by atoms with E-state index in [2.05, 4.69) is 15.5 Å². The van der Waals surface area contributed by atoms with Crippen LogP contribution in [0.5, 0.6) is 0 Å². The van der Waals surface area contributed by atoms with Crippen LogP contribution < -0.4 is 5.32 Å². The van der Waals surface area contributed by atoms with E-state index in [0.29, 0.717) is 23.0 Å². The summed E-state index contributed by atoms with van der Waals surface area (Å²) in [5.74, 6) is 1.56. The van der Waals surface area contributed by atoms with Gasteiger partial charge in [0.25, 0.3) is 5.91 Å². The van der Waals surface area contributed by atoms with Gasteiger partial charge in [0, 0.05) is 28.0 Å². The molecule has 114 valence electrons. The van der Waals surface area contributed by atoms with Crippen LogP contribution in [-0.2, 0) is 5.75 Å². The molecule has 3 aromatic rings. The molecule has 0 atom stereocenters. The van der Waals surface area contributed by atoms with Gasteiger partial charge in [0.1, 0.15) is 5.82 Å². The Morgan fingerprint density at radius 1 is 1.30 bits per heavy atom. The van der Waals surface area contributed by atoms with Crippen LogP contribution >= 0.6 is 11.8 Å². The lowest BCUT2D eigenvalue weighted by Gasteiger charge is -2.13. The fourth-order valence-corrected chi connectivity index (χ4v) is 3.60. The van der Waals surface area contributed by atoms with E-state index in [-0.39, 0.29) is 5.91 Å². The van der Waals surface area contributed by atoms with Crippen molar-refractivity contribution in [3.05, 3.63) is 59.4 Å². The number of hydrogen-bond donors (Lipinski definition) is 1. The summed E-state index contributed by atoms with van der Waals surface area (Å²) in [6, 6.07) is 11.7. The molecule has 0 radical (unpaired) electrons. The van der Waals surface area contributed by atoms with Crippen LogP contribution in [0.15, 0.2) is 52.0 Å². The molecule has 0 fully saturated rings. The smallest absolute Gasteiger partial charge is 0.279 e. The highest BCUT2D eigenvalue weighted by Crippen LogP contribution is 2.42. The van der Waals surface area contributed by atoms with Crippen LogP contribution in [0.1, 0.15) is 21.6 Å². The fourth-order valence-electron chi connectivity index (χ4n) is 2.54. The first-order valence-electron chi connectivity index (χ1n) is 7.17. The molecule has 0 saturated carbocycles. The van der Waals surface area contributed by atoms with Crippen LogP contribution in [0.3, 0.4) is 0 Å². The van der Waals surface area contributed by atoms with Crippen molar-refractivity contribution < 1.29 is 9.32 Å². The van der Waals surface area contributed by atoms with Crippen molar-refractivity contribution in [2.24, 2.45) is 0 Å². The van der Waals surface area contributed by atoms with Gasteiger partial charge in [0.2, 0.25) is 0 Å². The highest BCUT2D eigenvalue weighted by molar-refractivity contribution is 7.98. The molecule has 0 unspecified atom stereocenters. The second kappa shape index (κ2) is 5.55. The van der Waals surface area contributed by atoms with Crippen LogP contribution in [0.4, 0.5) is 5.82 Å². The molecule has 23 heavy (non-hydrogen) atoms. The number of nitrogens with one attached hydrogen (secondary N) is 1. The number of pyridine rings is 1. The number of amides is 1. The van der Waals surface area contributed by atoms with Crippen molar-refractivity contribution in [1.29, 1.82) is 0 Å². The third kappa shape index (κ3) is 2.51. The molecular weight excluding hydrogens is 310 g/mol. The third-order valence-corrected chi connectivity index (χ3v) is 4.76. The van der Waals surface area contributed by atoms with Gasteiger partial charge in [-0.15, -0.1) is 11.8 Å². The van der Waals surface area contributed by atoms with E-state index in [1.165, 1.54) is 0 Å². The summed E-state index contributed by atoms with van der Waals surface area (Å²) in [7, 11) is 0. The van der Waals surface area contributed by atoms with E-state index in [1.54, 1.807) is 18.0 Å². The Hall–Kier alpha value is -2.60. The Bertz CT molecular complexity index is 904. The fraction of sp³-hybridized carbons (Fsp3) is 0.118. The monoisotopic (exact) mass is 323 g/mol. The van der Waals surface area contributed by atoms with Crippen LogP contribution in [0, 0.1) is 6.92 Å². The molecular formula is C17H13N3O2S. The maximum Gasteiger partial charge on any atom is 0.279 e. The van der Waals surface area contributed by atoms with Crippen molar-refractivity contribution in [3.63, 3.8) is 0 Å². The van der Waals surface area contributed by atoms with Crippen molar-refractivity contribution in [1.82, 2.24) is 10.1 Å². The van der Waals surface area contributed by atoms with Crippen molar-refractivity contribution in [2.45, 2.75) is 17.6 Å². The van der Waals surface area contributed by atoms with Gasteiger partial charge in [0.05, 0.1) is 0 Å². The molecule has 0 saturated heterocycles. The summed E-state index contributed by atoms with van der Waals surface area (Å²) >= 11 is 1.68. The predicted octanol–water partition coefficient (Wildman–Crippen LogP) is 3.90. The molecule has 3 heterocycles. The average molecular weight is 323 g/mol. The van der Waals surface area contributed by atoms with Crippen molar-refractivity contribution >= 4 is 23.5 Å². The number of benzene rings is 1. The minimum Gasteiger partial charge on any atom is -0.355 e. The van der Waals surface area contributed by atoms with Gasteiger partial charge < -0.3 is 9.84 Å². The van der Waals surface area contributed by atoms with E-state index in [0.717, 1.165) is 21.6 Å². The number of hydrogen-bond acceptors (Lipinski definition) is 5. The first-order chi connectivity index (χ1) is 11.2. The lowest BCUT2D eigenvalue weighted by atomic mass is 10.1. The lowest BCUT2D eigenvalue weighted by molar-refractivity contribution is 0.101. The number of carbonyl (C=O) groups is 1. The molecule has 2 aromatic heterocycles. The van der Waals surface area contributed by atoms with Crippen LogP contribution in [0.25, 0.3) is 11.3 Å². The zero-order valence-electron chi connectivity index (χ0n) is 12.4. The van der Waals surface area contributed by atoms with E-state index in [1.807, 2.05) is 43.3 Å². The highest BCUT2D eigenvalue weighted by Gasteiger charge is 2.28. The second-order valence-corrected chi connectivity index (χ2v) is 6.31. The number of fused-ring (bicyclic) bond motifs is 3. The number of nitrogens with zero attached hydrogens (tertiary/aromatic N) is 2. The summed E-state index contributed by atoms with van der Waals surface area (Å²) in [5.41, 5.74) is 3.17. The van der Waals surface area contributed by atoms with Crippen LogP contribution in [-0.4, -0.2) is 16.0 Å². The van der Waals surface area contributed by atoms with E-state index in [4.69, 9.17) is 4.52 Å². The number of rotatable bonds is 2. The summed E-state index contributed by atoms with van der Waals surface area (Å²) < 4.78 is 5.45. The standard InChI is InChI=1S/C17H13N3O2S/c1-10-6-7-18-14(8-10)19-17(21)15-12-9-23-13-5-3-2-4-11(13)16(12)22-20-15/h2-8H,9H2,1H3,(H,18,19,21). The normalized spacial score (nSPS) is 12.4. The van der Waals surface area contributed by atoms with Gasteiger partial charge in [-0.3, -0.25) is 4.79 Å². The molecule has 0 spiro atoms. The number of aromatic nitrogens is 2. The Labute approximate surface area is 137 Å². The molecule has 4 rings (SSSR count). The van der Waals surface area contributed by atoms with E-state index < -0.39 is 0 Å². The maximum atomic E-state index is 12.5. The quantitative estimate of drug-likeness (QED) is 0.774. The largest absolute Gasteiger partial charge is 0.355 e. The van der Waals surface area contributed by atoms with E-state index >= 15 is 0 Å². The summed E-state index contributed by atoms with van der Waals surface area (Å²) in [4.78, 5) is 17.8. The number of aryl methyl sites for hydroxylation is 1. The number of thioether (sulfide) groups is 1. The van der Waals surface area contributed by atoms with Gasteiger partial charge in [-0.05, 0) is 36.8 Å². The molecule has 1 amide bonds. The second-order valence-electron chi connectivity index (χ2n) is 5.30. The van der Waals surface area contributed by atoms with Crippen molar-refractivity contribution in [2.75, 3.05) is 5.32 Å². The molecule has 6 heteroatoms. The highest BCUT2D eigenvalue weighted by atomic mass is 32.2. The average Bonchev–Trinajstić information content (AvgIpc) is 2.99. The number of carbonyl (C=O) groups excluding carboxylic acids is 1. The topological polar surface area (TPSA) is 68.0 Å². The third-order valence-electron chi connectivity index (χ3n) is 3.66. The maximum absolute atomic E-state index is 12.5. The zero-order chi connectivity index (χ0) is 15.8. The molecule has 5 nitrogen and oxygen atoms in total. The molecule has 0 aliphatic carbocycles. The summed E-state index contributed by atoms with van der Waals surface area (Å²) in [6.45, 7) is 1.95. The molecule has 1 aromatic carbocycles. The molecule has 0 bridgehead atoms. The number of anilines is 1. The molecule has 1 aliphatic rings. The predicted molar refractivity (Wildman–Crippen MR) is 88.4 cm³/mol. The first kappa shape index (κ1) is 14.0.